The molecule has 0 spiro atoms. The fraction of sp³-hybridized carbons (Fsp3) is 0.214. The second-order valence-electron chi connectivity index (χ2n) is 4.43. The lowest BCUT2D eigenvalue weighted by Crippen LogP contribution is -2.46. The Kier molecular flexibility index (Phi) is 4.37. The van der Waals surface area contributed by atoms with Crippen molar-refractivity contribution in [1.82, 2.24) is 0 Å². The van der Waals surface area contributed by atoms with Crippen molar-refractivity contribution in [3.05, 3.63) is 58.2 Å². The highest BCUT2D eigenvalue weighted by molar-refractivity contribution is 6.24. The molecule has 1 aromatic carbocycles. The summed E-state index contributed by atoms with van der Waals surface area (Å²) in [5.74, 6) is -0.936. The molecule has 0 aromatic heterocycles. The van der Waals surface area contributed by atoms with Gasteiger partial charge < -0.3 is 14.6 Å². The van der Waals surface area contributed by atoms with E-state index in [-0.39, 0.29) is 11.3 Å². The van der Waals surface area contributed by atoms with E-state index in [2.05, 4.69) is 0 Å². The quantitative estimate of drug-likeness (QED) is 0.386. The van der Waals surface area contributed by atoms with Gasteiger partial charge in [0.1, 0.15) is 17.1 Å². The summed E-state index contributed by atoms with van der Waals surface area (Å²) in [4.78, 5) is 19.7. The van der Waals surface area contributed by atoms with Crippen LogP contribution in [0.25, 0.3) is 0 Å². The van der Waals surface area contributed by atoms with Crippen LogP contribution < -0.4 is 9.47 Å². The number of carboxylic acid groups (broad SMARTS) is 1. The summed E-state index contributed by atoms with van der Waals surface area (Å²) in [7, 11) is 1.41. The minimum atomic E-state index is -2.01. The van der Waals surface area contributed by atoms with Crippen molar-refractivity contribution in [3.8, 4) is 11.5 Å². The molecule has 0 aliphatic heterocycles. The molecule has 2 unspecified atom stereocenters. The molecule has 1 N–H and O–H groups in total. The fourth-order valence-corrected chi connectivity index (χ4v) is 2.10. The number of allylic oxidation sites excluding steroid dienone is 2. The average molecular weight is 326 g/mol. The van der Waals surface area contributed by atoms with Crippen LogP contribution in [0.4, 0.5) is 0 Å². The van der Waals surface area contributed by atoms with Gasteiger partial charge in [0, 0.05) is 12.1 Å². The lowest BCUT2D eigenvalue weighted by Gasteiger charge is -2.26. The molecule has 0 amide bonds. The van der Waals surface area contributed by atoms with E-state index < -0.39 is 22.0 Å². The highest BCUT2D eigenvalue weighted by atomic mass is 35.5. The van der Waals surface area contributed by atoms with Gasteiger partial charge in [-0.1, -0.05) is 12.2 Å². The molecule has 0 saturated heterocycles. The molecule has 0 radical (unpaired) electrons. The number of methoxy groups -OCH3 is 1. The smallest absolute Gasteiger partial charge is 0.353 e. The van der Waals surface area contributed by atoms with Crippen molar-refractivity contribution in [1.29, 1.82) is 0 Å². The molecular weight excluding hydrogens is 314 g/mol. The van der Waals surface area contributed by atoms with Crippen LogP contribution in [0.5, 0.6) is 11.5 Å². The second kappa shape index (κ2) is 6.07. The standard InChI is InChI=1S/C14H12ClNO6/c1-21-9-5-6-10(13(17)18)11(8-9)22-12-4-2-3-7-14(12,15)16(19)20/h2-8,12H,1H3,(H,17,18). The van der Waals surface area contributed by atoms with Crippen LogP contribution in [0.3, 0.4) is 0 Å². The van der Waals surface area contributed by atoms with Crippen LogP contribution in [0.15, 0.2) is 42.5 Å². The monoisotopic (exact) mass is 325 g/mol. The fourth-order valence-electron chi connectivity index (χ4n) is 1.91. The summed E-state index contributed by atoms with van der Waals surface area (Å²) in [6.07, 6.45) is 4.37. The Balaban J connectivity index is 2.40. The predicted molar refractivity (Wildman–Crippen MR) is 78.2 cm³/mol. The molecule has 0 heterocycles. The Labute approximate surface area is 130 Å². The van der Waals surface area contributed by atoms with Crippen molar-refractivity contribution in [2.75, 3.05) is 7.11 Å². The molecule has 1 aliphatic rings. The van der Waals surface area contributed by atoms with Crippen molar-refractivity contribution < 1.29 is 24.3 Å². The van der Waals surface area contributed by atoms with Crippen LogP contribution >= 0.6 is 11.6 Å². The van der Waals surface area contributed by atoms with Gasteiger partial charge in [0.2, 0.25) is 6.10 Å². The van der Waals surface area contributed by atoms with Crippen molar-refractivity contribution in [3.63, 3.8) is 0 Å². The van der Waals surface area contributed by atoms with Crippen LogP contribution in [0.1, 0.15) is 10.4 Å². The highest BCUT2D eigenvalue weighted by Gasteiger charge is 2.48. The van der Waals surface area contributed by atoms with E-state index >= 15 is 0 Å². The number of nitrogens with zero attached hydrogens (tertiary/aromatic N) is 1. The van der Waals surface area contributed by atoms with Gasteiger partial charge >= 0.3 is 11.0 Å². The SMILES string of the molecule is COc1ccc(C(=O)O)c(OC2C=CC=CC2(Cl)[N+](=O)[O-])c1. The largest absolute Gasteiger partial charge is 0.497 e. The average Bonchev–Trinajstić information content (AvgIpc) is 2.49. The molecule has 2 rings (SSSR count). The van der Waals surface area contributed by atoms with Gasteiger partial charge in [-0.25, -0.2) is 4.79 Å². The van der Waals surface area contributed by atoms with E-state index in [1.807, 2.05) is 0 Å². The minimum Gasteiger partial charge on any atom is -0.497 e. The summed E-state index contributed by atoms with van der Waals surface area (Å²) in [6.45, 7) is 0. The van der Waals surface area contributed by atoms with E-state index in [0.717, 1.165) is 0 Å². The first-order valence-corrected chi connectivity index (χ1v) is 6.53. The first-order valence-electron chi connectivity index (χ1n) is 6.16. The Morgan fingerprint density at radius 1 is 1.45 bits per heavy atom. The molecule has 22 heavy (non-hydrogen) atoms. The normalized spacial score (nSPS) is 23.1. The summed E-state index contributed by atoms with van der Waals surface area (Å²) in [6, 6.07) is 4.09. The maximum atomic E-state index is 11.2. The maximum absolute atomic E-state index is 11.2. The van der Waals surface area contributed by atoms with Crippen LogP contribution in [-0.4, -0.2) is 34.2 Å². The van der Waals surface area contributed by atoms with Gasteiger partial charge in [0.05, 0.1) is 12.0 Å². The first kappa shape index (κ1) is 15.8. The molecule has 0 fully saturated rings. The van der Waals surface area contributed by atoms with Crippen molar-refractivity contribution in [2.45, 2.75) is 11.1 Å². The molecule has 1 aromatic rings. The number of benzene rings is 1. The Morgan fingerprint density at radius 3 is 2.77 bits per heavy atom. The van der Waals surface area contributed by atoms with Crippen LogP contribution in [0, 0.1) is 10.1 Å². The molecule has 116 valence electrons. The number of halogens is 1. The minimum absolute atomic E-state index is 0.0660. The predicted octanol–water partition coefficient (Wildman–Crippen LogP) is 2.48. The highest BCUT2D eigenvalue weighted by Crippen LogP contribution is 2.33. The third-order valence-corrected chi connectivity index (χ3v) is 3.56. The van der Waals surface area contributed by atoms with Crippen LogP contribution in [-0.2, 0) is 0 Å². The lowest BCUT2D eigenvalue weighted by molar-refractivity contribution is -0.536. The zero-order chi connectivity index (χ0) is 16.3. The van der Waals surface area contributed by atoms with Gasteiger partial charge in [-0.2, -0.15) is 0 Å². The summed E-state index contributed by atoms with van der Waals surface area (Å²) < 4.78 is 10.5. The summed E-state index contributed by atoms with van der Waals surface area (Å²) in [5.41, 5.74) is -0.147. The molecule has 7 nitrogen and oxygen atoms in total. The van der Waals surface area contributed by atoms with Gasteiger partial charge in [-0.3, -0.25) is 10.1 Å². The van der Waals surface area contributed by atoms with Gasteiger partial charge in [0.25, 0.3) is 0 Å². The van der Waals surface area contributed by atoms with Gasteiger partial charge in [-0.15, -0.1) is 0 Å². The molecule has 2 atom stereocenters. The molecule has 8 heteroatoms. The van der Waals surface area contributed by atoms with Gasteiger partial charge in [0.15, 0.2) is 0 Å². The number of aromatic carboxylic acids is 1. The van der Waals surface area contributed by atoms with Gasteiger partial charge in [-0.05, 0) is 29.8 Å². The Bertz CT molecular complexity index is 671. The molecular formula is C14H12ClNO6. The van der Waals surface area contributed by atoms with Crippen molar-refractivity contribution in [2.24, 2.45) is 0 Å². The Hall–Kier alpha value is -2.54. The maximum Gasteiger partial charge on any atom is 0.353 e. The topological polar surface area (TPSA) is 98.9 Å². The molecule has 1 aliphatic carbocycles. The zero-order valence-corrected chi connectivity index (χ0v) is 12.2. The summed E-state index contributed by atoms with van der Waals surface area (Å²) in [5, 5.41) is 20.4. The van der Waals surface area contributed by atoms with E-state index in [1.165, 1.54) is 49.6 Å². The number of hydrogen-bond donors (Lipinski definition) is 1. The third kappa shape index (κ3) is 2.89. The first-order chi connectivity index (χ1) is 10.4. The van der Waals surface area contributed by atoms with E-state index in [4.69, 9.17) is 21.1 Å². The van der Waals surface area contributed by atoms with E-state index in [9.17, 15) is 20.0 Å². The number of rotatable bonds is 5. The number of carboxylic acids is 1. The number of alkyl halides is 1. The number of nitro groups is 1. The number of hydrogen-bond acceptors (Lipinski definition) is 5. The zero-order valence-electron chi connectivity index (χ0n) is 11.4. The molecule has 0 bridgehead atoms. The van der Waals surface area contributed by atoms with E-state index in [1.54, 1.807) is 0 Å². The Morgan fingerprint density at radius 2 is 2.18 bits per heavy atom. The number of ether oxygens (including phenoxy) is 2. The third-order valence-electron chi connectivity index (χ3n) is 3.08. The lowest BCUT2D eigenvalue weighted by atomic mass is 10.1. The van der Waals surface area contributed by atoms with E-state index in [0.29, 0.717) is 5.75 Å². The van der Waals surface area contributed by atoms with Crippen molar-refractivity contribution >= 4 is 17.6 Å². The summed E-state index contributed by atoms with van der Waals surface area (Å²) >= 11 is 5.99. The number of carbonyl (C=O) groups is 1. The molecule has 0 saturated carbocycles. The second-order valence-corrected chi connectivity index (χ2v) is 5.04. The van der Waals surface area contributed by atoms with Crippen LogP contribution in [0.2, 0.25) is 0 Å².